The molecule has 0 aliphatic carbocycles. The first-order chi connectivity index (χ1) is 7.18. The summed E-state index contributed by atoms with van der Waals surface area (Å²) in [6.45, 7) is 0. The molecule has 0 N–H and O–H groups in total. The van der Waals surface area contributed by atoms with E-state index in [1.165, 1.54) is 0 Å². The Morgan fingerprint density at radius 1 is 0.667 bits per heavy atom. The third-order valence-electron chi connectivity index (χ3n) is 2.10. The van der Waals surface area contributed by atoms with Gasteiger partial charge in [0.05, 0.1) is 0 Å². The number of hydrogen-bond acceptors (Lipinski definition) is 0. The Balaban J connectivity index is 2.58. The molecule has 0 heterocycles. The maximum Gasteiger partial charge on any atom is 0.0499 e. The van der Waals surface area contributed by atoms with E-state index in [0.29, 0.717) is 15.1 Å². The Bertz CT molecular complexity index is 454. The Morgan fingerprint density at radius 3 is 1.73 bits per heavy atom. The van der Waals surface area contributed by atoms with Crippen LogP contribution in [-0.4, -0.2) is 0 Å². The van der Waals surface area contributed by atoms with Crippen LogP contribution in [0, 0.1) is 0 Å². The SMILES string of the molecule is Clc1ccc(-c2c(Cl)cccc2Cl)cc1. The highest BCUT2D eigenvalue weighted by molar-refractivity contribution is 6.39. The predicted octanol–water partition coefficient (Wildman–Crippen LogP) is 5.31. The van der Waals surface area contributed by atoms with Gasteiger partial charge in [0.25, 0.3) is 0 Å². The molecule has 0 unspecified atom stereocenters. The molecule has 0 nitrogen and oxygen atoms in total. The quantitative estimate of drug-likeness (QED) is 0.649. The lowest BCUT2D eigenvalue weighted by Crippen LogP contribution is -1.80. The molecule has 2 aromatic rings. The van der Waals surface area contributed by atoms with E-state index in [2.05, 4.69) is 0 Å². The van der Waals surface area contributed by atoms with Crippen molar-refractivity contribution in [3.05, 3.63) is 57.5 Å². The van der Waals surface area contributed by atoms with E-state index in [1.807, 2.05) is 42.5 Å². The smallest absolute Gasteiger partial charge is 0.0499 e. The molecule has 3 heteroatoms. The van der Waals surface area contributed by atoms with Gasteiger partial charge in [0, 0.05) is 20.6 Å². The highest BCUT2D eigenvalue weighted by Crippen LogP contribution is 2.34. The van der Waals surface area contributed by atoms with Gasteiger partial charge >= 0.3 is 0 Å². The molecule has 0 saturated carbocycles. The standard InChI is InChI=1S/C12H7Cl3/c13-9-6-4-8(5-7-9)12-10(14)2-1-3-11(12)15/h1-7H. The van der Waals surface area contributed by atoms with Crippen molar-refractivity contribution in [1.82, 2.24) is 0 Å². The van der Waals surface area contributed by atoms with Crippen molar-refractivity contribution in [2.45, 2.75) is 0 Å². The molecule has 0 fully saturated rings. The van der Waals surface area contributed by atoms with Gasteiger partial charge in [-0.05, 0) is 29.8 Å². The zero-order chi connectivity index (χ0) is 10.8. The second kappa shape index (κ2) is 4.44. The maximum atomic E-state index is 6.09. The minimum Gasteiger partial charge on any atom is -0.0843 e. The topological polar surface area (TPSA) is 0 Å². The zero-order valence-corrected chi connectivity index (χ0v) is 9.94. The zero-order valence-electron chi connectivity index (χ0n) is 7.68. The maximum absolute atomic E-state index is 6.09. The lowest BCUT2D eigenvalue weighted by atomic mass is 10.1. The van der Waals surface area contributed by atoms with Gasteiger partial charge in [0.2, 0.25) is 0 Å². The molecular weight excluding hydrogens is 250 g/mol. The molecule has 0 radical (unpaired) electrons. The summed E-state index contributed by atoms with van der Waals surface area (Å²) in [5.41, 5.74) is 1.81. The van der Waals surface area contributed by atoms with Crippen LogP contribution in [0.15, 0.2) is 42.5 Å². The Labute approximate surface area is 103 Å². The van der Waals surface area contributed by atoms with Crippen LogP contribution < -0.4 is 0 Å². The Kier molecular flexibility index (Phi) is 3.20. The van der Waals surface area contributed by atoms with Gasteiger partial charge in [0.1, 0.15) is 0 Å². The van der Waals surface area contributed by atoms with Crippen molar-refractivity contribution in [3.8, 4) is 11.1 Å². The summed E-state index contributed by atoms with van der Waals surface area (Å²) in [6, 6.07) is 12.9. The summed E-state index contributed by atoms with van der Waals surface area (Å²) >= 11 is 18.0. The van der Waals surface area contributed by atoms with Crippen LogP contribution in [0.25, 0.3) is 11.1 Å². The molecule has 0 aliphatic heterocycles. The van der Waals surface area contributed by atoms with E-state index < -0.39 is 0 Å². The molecule has 0 spiro atoms. The molecule has 2 aromatic carbocycles. The molecule has 15 heavy (non-hydrogen) atoms. The van der Waals surface area contributed by atoms with Crippen LogP contribution in [0.1, 0.15) is 0 Å². The van der Waals surface area contributed by atoms with Gasteiger partial charge in [0.15, 0.2) is 0 Å². The summed E-state index contributed by atoms with van der Waals surface area (Å²) in [5.74, 6) is 0. The van der Waals surface area contributed by atoms with Crippen LogP contribution in [0.5, 0.6) is 0 Å². The van der Waals surface area contributed by atoms with Gasteiger partial charge in [-0.1, -0.05) is 53.0 Å². The summed E-state index contributed by atoms with van der Waals surface area (Å²) in [7, 11) is 0. The predicted molar refractivity (Wildman–Crippen MR) is 66.9 cm³/mol. The first-order valence-electron chi connectivity index (χ1n) is 4.38. The van der Waals surface area contributed by atoms with Gasteiger partial charge in [-0.15, -0.1) is 0 Å². The lowest BCUT2D eigenvalue weighted by molar-refractivity contribution is 1.62. The average Bonchev–Trinajstić information content (AvgIpc) is 2.20. The third kappa shape index (κ3) is 2.28. The van der Waals surface area contributed by atoms with Crippen LogP contribution in [0.2, 0.25) is 15.1 Å². The summed E-state index contributed by atoms with van der Waals surface area (Å²) in [4.78, 5) is 0. The fourth-order valence-electron chi connectivity index (χ4n) is 1.39. The normalized spacial score (nSPS) is 10.3. The molecule has 0 bridgehead atoms. The third-order valence-corrected chi connectivity index (χ3v) is 2.98. The van der Waals surface area contributed by atoms with E-state index in [0.717, 1.165) is 11.1 Å². The summed E-state index contributed by atoms with van der Waals surface area (Å²) in [6.07, 6.45) is 0. The van der Waals surface area contributed by atoms with E-state index in [4.69, 9.17) is 34.8 Å². The minimum atomic E-state index is 0.643. The van der Waals surface area contributed by atoms with Crippen LogP contribution >= 0.6 is 34.8 Å². The first kappa shape index (κ1) is 10.8. The van der Waals surface area contributed by atoms with Crippen LogP contribution in [0.4, 0.5) is 0 Å². The molecule has 2 rings (SSSR count). The Morgan fingerprint density at radius 2 is 1.20 bits per heavy atom. The summed E-state index contributed by atoms with van der Waals surface area (Å²) in [5, 5.41) is 1.98. The number of benzene rings is 2. The van der Waals surface area contributed by atoms with Gasteiger partial charge in [-0.25, -0.2) is 0 Å². The molecule has 0 aliphatic rings. The first-order valence-corrected chi connectivity index (χ1v) is 5.52. The molecule has 0 atom stereocenters. The van der Waals surface area contributed by atoms with E-state index in [1.54, 1.807) is 0 Å². The van der Waals surface area contributed by atoms with Gasteiger partial charge in [-0.2, -0.15) is 0 Å². The molecular formula is C12H7Cl3. The van der Waals surface area contributed by atoms with Gasteiger partial charge < -0.3 is 0 Å². The van der Waals surface area contributed by atoms with Crippen molar-refractivity contribution < 1.29 is 0 Å². The number of hydrogen-bond donors (Lipinski definition) is 0. The lowest BCUT2D eigenvalue weighted by Gasteiger charge is -2.06. The van der Waals surface area contributed by atoms with E-state index in [9.17, 15) is 0 Å². The van der Waals surface area contributed by atoms with Crippen molar-refractivity contribution >= 4 is 34.8 Å². The van der Waals surface area contributed by atoms with Crippen molar-refractivity contribution in [3.63, 3.8) is 0 Å². The average molecular weight is 258 g/mol. The highest BCUT2D eigenvalue weighted by Gasteiger charge is 2.07. The molecule has 0 amide bonds. The molecule has 76 valence electrons. The fraction of sp³-hybridized carbons (Fsp3) is 0. The van der Waals surface area contributed by atoms with Crippen molar-refractivity contribution in [2.24, 2.45) is 0 Å². The van der Waals surface area contributed by atoms with Gasteiger partial charge in [-0.3, -0.25) is 0 Å². The fourth-order valence-corrected chi connectivity index (χ4v) is 2.13. The minimum absolute atomic E-state index is 0.643. The molecule has 0 aromatic heterocycles. The Hall–Kier alpha value is -0.690. The van der Waals surface area contributed by atoms with Crippen LogP contribution in [-0.2, 0) is 0 Å². The number of halogens is 3. The molecule has 0 saturated heterocycles. The monoisotopic (exact) mass is 256 g/mol. The van der Waals surface area contributed by atoms with Crippen molar-refractivity contribution in [1.29, 1.82) is 0 Å². The largest absolute Gasteiger partial charge is 0.0843 e. The second-order valence-electron chi connectivity index (χ2n) is 3.10. The van der Waals surface area contributed by atoms with E-state index in [-0.39, 0.29) is 0 Å². The second-order valence-corrected chi connectivity index (χ2v) is 4.35. The number of rotatable bonds is 1. The van der Waals surface area contributed by atoms with E-state index >= 15 is 0 Å². The van der Waals surface area contributed by atoms with Crippen LogP contribution in [0.3, 0.4) is 0 Å². The summed E-state index contributed by atoms with van der Waals surface area (Å²) < 4.78 is 0. The highest BCUT2D eigenvalue weighted by atomic mass is 35.5. The van der Waals surface area contributed by atoms with Crippen molar-refractivity contribution in [2.75, 3.05) is 0 Å².